The molecule has 2 aromatic carbocycles. The van der Waals surface area contributed by atoms with Crippen molar-refractivity contribution in [3.8, 4) is 0 Å². The molecule has 0 spiro atoms. The number of likely N-dealkylation sites (tertiary alicyclic amines) is 1. The highest BCUT2D eigenvalue weighted by Gasteiger charge is 2.31. The van der Waals surface area contributed by atoms with Crippen LogP contribution in [-0.4, -0.2) is 66.1 Å². The van der Waals surface area contributed by atoms with Crippen molar-refractivity contribution in [2.75, 3.05) is 32.5 Å². The molecule has 182 valence electrons. The number of rotatable bonds is 6. The monoisotopic (exact) mass is 472 g/mol. The van der Waals surface area contributed by atoms with E-state index < -0.39 is 0 Å². The quantitative estimate of drug-likeness (QED) is 0.672. The maximum absolute atomic E-state index is 13.0. The number of benzene rings is 2. The third kappa shape index (κ3) is 5.33. The first-order valence-corrected chi connectivity index (χ1v) is 12.1. The van der Waals surface area contributed by atoms with Crippen molar-refractivity contribution in [3.05, 3.63) is 89.8 Å². The Morgan fingerprint density at radius 3 is 2.63 bits per heavy atom. The summed E-state index contributed by atoms with van der Waals surface area (Å²) in [6.07, 6.45) is 7.61. The molecule has 0 aromatic heterocycles. The molecule has 0 aliphatic carbocycles. The minimum Gasteiger partial charge on any atom is -0.489 e. The summed E-state index contributed by atoms with van der Waals surface area (Å²) in [5.41, 5.74) is 2.66. The van der Waals surface area contributed by atoms with E-state index in [1.807, 2.05) is 89.9 Å². The van der Waals surface area contributed by atoms with Gasteiger partial charge in [-0.15, -0.1) is 5.10 Å². The molecule has 2 N–H and O–H groups in total. The Morgan fingerprint density at radius 1 is 1.14 bits per heavy atom. The van der Waals surface area contributed by atoms with Crippen LogP contribution in [0.3, 0.4) is 0 Å². The Balaban J connectivity index is 1.16. The molecule has 8 heteroatoms. The number of hydrazone groups is 1. The Kier molecular flexibility index (Phi) is 6.72. The van der Waals surface area contributed by atoms with Crippen LogP contribution in [0.5, 0.6) is 0 Å². The van der Waals surface area contributed by atoms with Crippen LogP contribution in [0.2, 0.25) is 0 Å². The lowest BCUT2D eigenvalue weighted by molar-refractivity contribution is 0.0659. The SMILES string of the molecule is CN1CCC(N(C)C(=O)c2ccc(NC3=NN4C=CC=C(OCc5ccccc5)C4N3)cc2)CC1. The molecule has 0 bridgehead atoms. The first-order chi connectivity index (χ1) is 17.1. The Hall–Kier alpha value is -3.78. The standard InChI is InChI=1S/C27H32N6O2/c1-31-17-14-23(15-18-31)32(2)26(34)21-10-12-22(13-11-21)28-27-29-25-24(9-6-16-33(25)30-27)35-19-20-7-4-3-5-8-20/h3-13,16,23,25H,14-15,17-19H2,1-2H3,(H2,28,29,30). The highest BCUT2D eigenvalue weighted by atomic mass is 16.5. The van der Waals surface area contributed by atoms with Gasteiger partial charge in [-0.1, -0.05) is 30.3 Å². The number of hydrogen-bond donors (Lipinski definition) is 2. The normalized spacial score (nSPS) is 19.9. The summed E-state index contributed by atoms with van der Waals surface area (Å²) in [5, 5.41) is 13.1. The number of guanidine groups is 1. The van der Waals surface area contributed by atoms with Gasteiger partial charge in [0.1, 0.15) is 12.4 Å². The second kappa shape index (κ2) is 10.2. The molecule has 8 nitrogen and oxygen atoms in total. The average molecular weight is 473 g/mol. The van der Waals surface area contributed by atoms with E-state index in [-0.39, 0.29) is 12.1 Å². The minimum absolute atomic E-state index is 0.0649. The molecule has 0 radical (unpaired) electrons. The summed E-state index contributed by atoms with van der Waals surface area (Å²) in [6, 6.07) is 18.0. The molecule has 3 heterocycles. The molecule has 3 aliphatic rings. The smallest absolute Gasteiger partial charge is 0.253 e. The third-order valence-corrected chi connectivity index (χ3v) is 6.72. The van der Waals surface area contributed by atoms with E-state index in [0.717, 1.165) is 42.9 Å². The van der Waals surface area contributed by atoms with Gasteiger partial charge in [0.15, 0.2) is 6.17 Å². The second-order valence-electron chi connectivity index (χ2n) is 9.21. The number of piperidine rings is 1. The number of allylic oxidation sites excluding steroid dienone is 2. The highest BCUT2D eigenvalue weighted by Crippen LogP contribution is 2.23. The number of carbonyl (C=O) groups is 1. The van der Waals surface area contributed by atoms with Crippen molar-refractivity contribution in [1.29, 1.82) is 0 Å². The van der Waals surface area contributed by atoms with Crippen LogP contribution < -0.4 is 10.6 Å². The van der Waals surface area contributed by atoms with Gasteiger partial charge in [0.05, 0.1) is 0 Å². The van der Waals surface area contributed by atoms with Crippen LogP contribution in [-0.2, 0) is 11.3 Å². The first-order valence-electron chi connectivity index (χ1n) is 12.1. The van der Waals surface area contributed by atoms with Crippen LogP contribution in [0.25, 0.3) is 0 Å². The summed E-state index contributed by atoms with van der Waals surface area (Å²) in [5.74, 6) is 1.49. The summed E-state index contributed by atoms with van der Waals surface area (Å²) >= 11 is 0. The molecule has 5 rings (SSSR count). The number of fused-ring (bicyclic) bond motifs is 1. The number of anilines is 1. The molecular weight excluding hydrogens is 440 g/mol. The fourth-order valence-electron chi connectivity index (χ4n) is 4.55. The van der Waals surface area contributed by atoms with Crippen molar-refractivity contribution < 1.29 is 9.53 Å². The molecule has 3 aliphatic heterocycles. The number of nitrogens with one attached hydrogen (secondary N) is 2. The lowest BCUT2D eigenvalue weighted by Gasteiger charge is -2.35. The van der Waals surface area contributed by atoms with Crippen LogP contribution >= 0.6 is 0 Å². The van der Waals surface area contributed by atoms with Crippen LogP contribution in [0, 0.1) is 0 Å². The lowest BCUT2D eigenvalue weighted by Crippen LogP contribution is -2.44. The number of carbonyl (C=O) groups excluding carboxylic acids is 1. The van der Waals surface area contributed by atoms with Gasteiger partial charge < -0.3 is 25.2 Å². The minimum atomic E-state index is -0.199. The van der Waals surface area contributed by atoms with Crippen LogP contribution in [0.15, 0.2) is 83.8 Å². The van der Waals surface area contributed by atoms with Crippen LogP contribution in [0.1, 0.15) is 28.8 Å². The lowest BCUT2D eigenvalue weighted by atomic mass is 10.0. The van der Waals surface area contributed by atoms with Gasteiger partial charge in [-0.25, -0.2) is 5.01 Å². The predicted molar refractivity (Wildman–Crippen MR) is 137 cm³/mol. The first kappa shape index (κ1) is 23.0. The van der Waals surface area contributed by atoms with E-state index in [2.05, 4.69) is 27.7 Å². The van der Waals surface area contributed by atoms with E-state index in [9.17, 15) is 4.79 Å². The van der Waals surface area contributed by atoms with Gasteiger partial charge in [-0.3, -0.25) is 4.79 Å². The Morgan fingerprint density at radius 2 is 1.89 bits per heavy atom. The Labute approximate surface area is 206 Å². The second-order valence-corrected chi connectivity index (χ2v) is 9.21. The zero-order valence-electron chi connectivity index (χ0n) is 20.2. The summed E-state index contributed by atoms with van der Waals surface area (Å²) < 4.78 is 6.06. The van der Waals surface area contributed by atoms with Gasteiger partial charge in [0.2, 0.25) is 5.96 Å². The van der Waals surface area contributed by atoms with E-state index in [1.54, 1.807) is 0 Å². The predicted octanol–water partition coefficient (Wildman–Crippen LogP) is 3.40. The van der Waals surface area contributed by atoms with E-state index >= 15 is 0 Å². The number of nitrogens with zero attached hydrogens (tertiary/aromatic N) is 4. The van der Waals surface area contributed by atoms with Crippen molar-refractivity contribution >= 4 is 17.6 Å². The van der Waals surface area contributed by atoms with E-state index in [0.29, 0.717) is 24.2 Å². The molecule has 1 amide bonds. The number of ether oxygens (including phenoxy) is 1. The summed E-state index contributed by atoms with van der Waals surface area (Å²) in [6.45, 7) is 2.56. The zero-order valence-corrected chi connectivity index (χ0v) is 20.2. The molecule has 1 atom stereocenters. The van der Waals surface area contributed by atoms with Crippen molar-refractivity contribution in [2.45, 2.75) is 31.7 Å². The van der Waals surface area contributed by atoms with Crippen molar-refractivity contribution in [3.63, 3.8) is 0 Å². The molecule has 1 saturated heterocycles. The van der Waals surface area contributed by atoms with Gasteiger partial charge in [0, 0.05) is 30.5 Å². The fourth-order valence-corrected chi connectivity index (χ4v) is 4.55. The van der Waals surface area contributed by atoms with Gasteiger partial charge in [-0.2, -0.15) is 0 Å². The fraction of sp³-hybridized carbons (Fsp3) is 0.333. The molecule has 35 heavy (non-hydrogen) atoms. The maximum atomic E-state index is 13.0. The van der Waals surface area contributed by atoms with Crippen molar-refractivity contribution in [1.82, 2.24) is 20.1 Å². The maximum Gasteiger partial charge on any atom is 0.253 e. The summed E-state index contributed by atoms with van der Waals surface area (Å²) in [7, 11) is 4.04. The van der Waals surface area contributed by atoms with Gasteiger partial charge >= 0.3 is 0 Å². The largest absolute Gasteiger partial charge is 0.489 e. The van der Waals surface area contributed by atoms with Gasteiger partial charge in [-0.05, 0) is 75.0 Å². The Bertz CT molecular complexity index is 1120. The topological polar surface area (TPSA) is 72.4 Å². The van der Waals surface area contributed by atoms with Gasteiger partial charge in [0.25, 0.3) is 5.91 Å². The average Bonchev–Trinajstić information content (AvgIpc) is 3.31. The molecule has 0 saturated carbocycles. The van der Waals surface area contributed by atoms with E-state index in [1.165, 1.54) is 0 Å². The highest BCUT2D eigenvalue weighted by molar-refractivity contribution is 5.97. The van der Waals surface area contributed by atoms with Crippen molar-refractivity contribution in [2.24, 2.45) is 5.10 Å². The third-order valence-electron chi connectivity index (χ3n) is 6.72. The summed E-state index contributed by atoms with van der Waals surface area (Å²) in [4.78, 5) is 17.2. The zero-order chi connectivity index (χ0) is 24.2. The molecule has 1 fully saturated rings. The van der Waals surface area contributed by atoms with Crippen LogP contribution in [0.4, 0.5) is 5.69 Å². The molecule has 2 aromatic rings. The molecular formula is C27H32N6O2. The molecule has 1 unspecified atom stereocenters. The number of amides is 1. The number of hydrogen-bond acceptors (Lipinski definition) is 7. The van der Waals surface area contributed by atoms with E-state index in [4.69, 9.17) is 4.74 Å².